The van der Waals surface area contributed by atoms with Crippen molar-refractivity contribution in [2.75, 3.05) is 11.1 Å². The fourth-order valence-electron chi connectivity index (χ4n) is 1.60. The van der Waals surface area contributed by atoms with Crippen LogP contribution in [-0.2, 0) is 9.84 Å². The maximum absolute atomic E-state index is 11.2. The summed E-state index contributed by atoms with van der Waals surface area (Å²) in [6, 6.07) is 5.44. The van der Waals surface area contributed by atoms with Gasteiger partial charge in [-0.1, -0.05) is 23.7 Å². The van der Waals surface area contributed by atoms with Crippen LogP contribution in [0.4, 0.5) is 5.69 Å². The van der Waals surface area contributed by atoms with Gasteiger partial charge in [-0.15, -0.1) is 0 Å². The van der Waals surface area contributed by atoms with Gasteiger partial charge in [-0.2, -0.15) is 0 Å². The molecule has 0 saturated carbocycles. The zero-order valence-corrected chi connectivity index (χ0v) is 10.3. The Morgan fingerprint density at radius 2 is 2.19 bits per heavy atom. The topological polar surface area (TPSA) is 46.2 Å². The van der Waals surface area contributed by atoms with Gasteiger partial charge in [-0.25, -0.2) is 8.42 Å². The normalized spacial score (nSPS) is 22.2. The second-order valence-electron chi connectivity index (χ2n) is 3.89. The molecule has 1 N–H and O–H groups in total. The molecule has 0 radical (unpaired) electrons. The molecule has 0 spiro atoms. The molecule has 0 aliphatic carbocycles. The summed E-state index contributed by atoms with van der Waals surface area (Å²) < 4.78 is 22.4. The molecule has 0 aromatic heterocycles. The summed E-state index contributed by atoms with van der Waals surface area (Å²) in [7, 11) is -3.02. The third-order valence-corrected chi connectivity index (χ3v) is 4.10. The van der Waals surface area contributed by atoms with Crippen molar-refractivity contribution < 1.29 is 8.42 Å². The molecule has 0 fully saturated rings. The average Bonchev–Trinajstić information content (AvgIpc) is 2.51. The molecule has 1 heterocycles. The van der Waals surface area contributed by atoms with Gasteiger partial charge in [0.1, 0.15) is 0 Å². The lowest BCUT2D eigenvalue weighted by Gasteiger charge is -2.13. The number of benzene rings is 1. The van der Waals surface area contributed by atoms with Gasteiger partial charge in [-0.05, 0) is 24.6 Å². The van der Waals surface area contributed by atoms with Gasteiger partial charge in [0.2, 0.25) is 0 Å². The van der Waals surface area contributed by atoms with Gasteiger partial charge in [0.15, 0.2) is 9.84 Å². The molecule has 5 heteroatoms. The number of sulfone groups is 1. The molecule has 1 atom stereocenters. The molecule has 1 aromatic rings. The summed E-state index contributed by atoms with van der Waals surface area (Å²) in [6.45, 7) is 1.95. The van der Waals surface area contributed by atoms with Crippen molar-refractivity contribution in [3.8, 4) is 0 Å². The minimum Gasteiger partial charge on any atom is -0.377 e. The van der Waals surface area contributed by atoms with Crippen LogP contribution in [0.25, 0.3) is 0 Å². The second-order valence-corrected chi connectivity index (χ2v) is 6.23. The van der Waals surface area contributed by atoms with E-state index in [9.17, 15) is 8.42 Å². The minimum atomic E-state index is -3.02. The zero-order chi connectivity index (χ0) is 11.8. The Bertz CT molecular complexity index is 537. The summed E-state index contributed by atoms with van der Waals surface area (Å²) >= 11 is 6.04. The Balaban J connectivity index is 2.14. The zero-order valence-electron chi connectivity index (χ0n) is 8.77. The standard InChI is InChI=1S/C11H12ClNO2S/c1-8-2-3-11(10(12)6-8)13-9-4-5-16(14,15)7-9/h2-6,9,13H,7H2,1H3. The largest absolute Gasteiger partial charge is 0.377 e. The van der Waals surface area contributed by atoms with Gasteiger partial charge >= 0.3 is 0 Å². The third-order valence-electron chi connectivity index (χ3n) is 2.40. The fraction of sp³-hybridized carbons (Fsp3) is 0.273. The smallest absolute Gasteiger partial charge is 0.173 e. The van der Waals surface area contributed by atoms with Crippen LogP contribution in [0.3, 0.4) is 0 Å². The first kappa shape index (κ1) is 11.5. The van der Waals surface area contributed by atoms with E-state index < -0.39 is 9.84 Å². The van der Waals surface area contributed by atoms with Crippen LogP contribution in [0.1, 0.15) is 5.56 Å². The van der Waals surface area contributed by atoms with Crippen molar-refractivity contribution in [3.63, 3.8) is 0 Å². The lowest BCUT2D eigenvalue weighted by Crippen LogP contribution is -2.21. The van der Waals surface area contributed by atoms with Crippen molar-refractivity contribution >= 4 is 27.1 Å². The highest BCUT2D eigenvalue weighted by atomic mass is 35.5. The number of halogens is 1. The highest BCUT2D eigenvalue weighted by Gasteiger charge is 2.21. The van der Waals surface area contributed by atoms with Gasteiger partial charge in [0.05, 0.1) is 22.5 Å². The molecule has 1 aliphatic rings. The van der Waals surface area contributed by atoms with Crippen LogP contribution in [0.2, 0.25) is 5.02 Å². The molecule has 0 bridgehead atoms. The van der Waals surface area contributed by atoms with Gasteiger partial charge in [0.25, 0.3) is 0 Å². The van der Waals surface area contributed by atoms with E-state index in [1.165, 1.54) is 5.41 Å². The van der Waals surface area contributed by atoms with Crippen molar-refractivity contribution in [1.29, 1.82) is 0 Å². The van der Waals surface area contributed by atoms with Crippen molar-refractivity contribution in [2.24, 2.45) is 0 Å². The van der Waals surface area contributed by atoms with E-state index in [0.717, 1.165) is 11.3 Å². The number of rotatable bonds is 2. The lowest BCUT2D eigenvalue weighted by molar-refractivity contribution is 0.605. The predicted molar refractivity (Wildman–Crippen MR) is 66.5 cm³/mol. The second kappa shape index (κ2) is 4.11. The third kappa shape index (κ3) is 2.57. The molecule has 2 rings (SSSR count). The van der Waals surface area contributed by atoms with E-state index >= 15 is 0 Å². The average molecular weight is 258 g/mol. The maximum atomic E-state index is 11.2. The first-order valence-corrected chi connectivity index (χ1v) is 6.99. The lowest BCUT2D eigenvalue weighted by atomic mass is 10.2. The maximum Gasteiger partial charge on any atom is 0.173 e. The molecule has 0 saturated heterocycles. The Kier molecular flexibility index (Phi) is 2.95. The summed E-state index contributed by atoms with van der Waals surface area (Å²) in [5.41, 5.74) is 1.84. The number of nitrogens with one attached hydrogen (secondary N) is 1. The SMILES string of the molecule is Cc1ccc(NC2C=CS(=O)(=O)C2)c(Cl)c1. The van der Waals surface area contributed by atoms with Crippen LogP contribution in [0.15, 0.2) is 29.7 Å². The quantitative estimate of drug-likeness (QED) is 0.885. The van der Waals surface area contributed by atoms with E-state index in [1.54, 1.807) is 6.08 Å². The molecule has 16 heavy (non-hydrogen) atoms. The summed E-state index contributed by atoms with van der Waals surface area (Å²) in [6.07, 6.45) is 1.64. The van der Waals surface area contributed by atoms with Crippen LogP contribution < -0.4 is 5.32 Å². The molecule has 1 aliphatic heterocycles. The van der Waals surface area contributed by atoms with Crippen LogP contribution in [-0.4, -0.2) is 20.2 Å². The van der Waals surface area contributed by atoms with Crippen LogP contribution >= 0.6 is 11.6 Å². The van der Waals surface area contributed by atoms with E-state index in [4.69, 9.17) is 11.6 Å². The molecular weight excluding hydrogens is 246 g/mol. The van der Waals surface area contributed by atoms with E-state index in [-0.39, 0.29) is 11.8 Å². The van der Waals surface area contributed by atoms with Gasteiger partial charge in [0, 0.05) is 5.41 Å². The number of hydrogen-bond acceptors (Lipinski definition) is 3. The van der Waals surface area contributed by atoms with E-state index in [2.05, 4.69) is 5.32 Å². The summed E-state index contributed by atoms with van der Waals surface area (Å²) in [5, 5.41) is 4.95. The highest BCUT2D eigenvalue weighted by Crippen LogP contribution is 2.24. The van der Waals surface area contributed by atoms with Gasteiger partial charge < -0.3 is 5.32 Å². The fourth-order valence-corrected chi connectivity index (χ4v) is 3.13. The van der Waals surface area contributed by atoms with Crippen molar-refractivity contribution in [2.45, 2.75) is 13.0 Å². The monoisotopic (exact) mass is 257 g/mol. The molecule has 1 aromatic carbocycles. The molecule has 3 nitrogen and oxygen atoms in total. The Labute approximate surface area is 100 Å². The van der Waals surface area contributed by atoms with Crippen LogP contribution in [0.5, 0.6) is 0 Å². The van der Waals surface area contributed by atoms with Crippen LogP contribution in [0, 0.1) is 6.92 Å². The molecule has 0 amide bonds. The van der Waals surface area contributed by atoms with Crippen molar-refractivity contribution in [3.05, 3.63) is 40.3 Å². The Hall–Kier alpha value is -1.00. The minimum absolute atomic E-state index is 0.0944. The molecule has 86 valence electrons. The Morgan fingerprint density at radius 3 is 2.75 bits per heavy atom. The Morgan fingerprint density at radius 1 is 1.44 bits per heavy atom. The summed E-state index contributed by atoms with van der Waals surface area (Å²) in [5.74, 6) is 0.0944. The summed E-state index contributed by atoms with van der Waals surface area (Å²) in [4.78, 5) is 0. The molecular formula is C11H12ClNO2S. The van der Waals surface area contributed by atoms with E-state index in [1.807, 2.05) is 25.1 Å². The number of hydrogen-bond donors (Lipinski definition) is 1. The first-order chi connectivity index (χ1) is 7.46. The van der Waals surface area contributed by atoms with Gasteiger partial charge in [-0.3, -0.25) is 0 Å². The highest BCUT2D eigenvalue weighted by molar-refractivity contribution is 7.94. The van der Waals surface area contributed by atoms with E-state index in [0.29, 0.717) is 5.02 Å². The molecule has 1 unspecified atom stereocenters. The number of anilines is 1. The number of aryl methyl sites for hydroxylation is 1. The predicted octanol–water partition coefficient (Wildman–Crippen LogP) is 2.37. The first-order valence-electron chi connectivity index (χ1n) is 4.90. The van der Waals surface area contributed by atoms with Crippen molar-refractivity contribution in [1.82, 2.24) is 0 Å².